The molecule has 1 aromatic carbocycles. The number of halogens is 3. The molecule has 0 aliphatic heterocycles. The van der Waals surface area contributed by atoms with Crippen molar-refractivity contribution in [3.8, 4) is 5.75 Å². The number of fused-ring (bicyclic) bond motifs is 1. The van der Waals surface area contributed by atoms with E-state index in [9.17, 15) is 23.1 Å². The summed E-state index contributed by atoms with van der Waals surface area (Å²) >= 11 is 0. The Morgan fingerprint density at radius 1 is 1.45 bits per heavy atom. The van der Waals surface area contributed by atoms with Crippen LogP contribution in [0.1, 0.15) is 12.5 Å². The van der Waals surface area contributed by atoms with Gasteiger partial charge >= 0.3 is 12.1 Å². The highest BCUT2D eigenvalue weighted by Gasteiger charge is 2.39. The van der Waals surface area contributed by atoms with Gasteiger partial charge in [0.05, 0.1) is 0 Å². The lowest BCUT2D eigenvalue weighted by Gasteiger charge is -2.14. The van der Waals surface area contributed by atoms with E-state index >= 15 is 0 Å². The molecule has 0 saturated heterocycles. The van der Waals surface area contributed by atoms with Crippen LogP contribution in [-0.2, 0) is 11.2 Å². The number of hydrogen-bond acceptors (Lipinski definition) is 2. The van der Waals surface area contributed by atoms with E-state index in [0.29, 0.717) is 0 Å². The Hall–Kier alpha value is -2.18. The maximum atomic E-state index is 12.1. The van der Waals surface area contributed by atoms with Crippen molar-refractivity contribution in [2.75, 3.05) is 0 Å². The van der Waals surface area contributed by atoms with Gasteiger partial charge in [-0.15, -0.1) is 0 Å². The Morgan fingerprint density at radius 2 is 2.15 bits per heavy atom. The van der Waals surface area contributed by atoms with Gasteiger partial charge in [-0.05, 0) is 37.1 Å². The van der Waals surface area contributed by atoms with Crippen LogP contribution in [0.2, 0.25) is 0 Å². The van der Waals surface area contributed by atoms with Gasteiger partial charge in [0, 0.05) is 23.1 Å². The molecule has 0 fully saturated rings. The van der Waals surface area contributed by atoms with Crippen LogP contribution in [-0.4, -0.2) is 28.2 Å². The second-order valence-electron chi connectivity index (χ2n) is 4.62. The molecule has 7 heteroatoms. The third-order valence-corrected chi connectivity index (χ3v) is 2.91. The van der Waals surface area contributed by atoms with E-state index in [-0.39, 0.29) is 12.2 Å². The molecule has 2 aromatic rings. The SMILES string of the molecule is CC(Cc1c[nH]c2ccc(O)cc12)NC(=O)C(F)(F)F. The number of rotatable bonds is 3. The van der Waals surface area contributed by atoms with Crippen LogP contribution in [0.5, 0.6) is 5.75 Å². The number of aromatic hydroxyl groups is 1. The Morgan fingerprint density at radius 3 is 2.80 bits per heavy atom. The van der Waals surface area contributed by atoms with E-state index in [1.165, 1.54) is 19.1 Å². The third-order valence-electron chi connectivity index (χ3n) is 2.91. The van der Waals surface area contributed by atoms with Crippen molar-refractivity contribution < 1.29 is 23.1 Å². The Labute approximate surface area is 112 Å². The summed E-state index contributed by atoms with van der Waals surface area (Å²) in [5, 5.41) is 12.0. The Bertz CT molecular complexity index is 634. The van der Waals surface area contributed by atoms with E-state index in [1.807, 2.05) is 5.32 Å². The van der Waals surface area contributed by atoms with Gasteiger partial charge in [0.1, 0.15) is 5.75 Å². The monoisotopic (exact) mass is 286 g/mol. The smallest absolute Gasteiger partial charge is 0.471 e. The van der Waals surface area contributed by atoms with E-state index in [1.54, 1.807) is 12.3 Å². The number of alkyl halides is 3. The molecule has 108 valence electrons. The summed E-state index contributed by atoms with van der Waals surface area (Å²) in [5.74, 6) is -1.88. The van der Waals surface area contributed by atoms with Gasteiger partial charge < -0.3 is 15.4 Å². The lowest BCUT2D eigenvalue weighted by Crippen LogP contribution is -2.42. The first-order valence-electron chi connectivity index (χ1n) is 5.94. The molecule has 4 nitrogen and oxygen atoms in total. The largest absolute Gasteiger partial charge is 0.508 e. The quantitative estimate of drug-likeness (QED) is 0.811. The minimum atomic E-state index is -4.88. The highest BCUT2D eigenvalue weighted by atomic mass is 19.4. The molecular weight excluding hydrogens is 273 g/mol. The van der Waals surface area contributed by atoms with Gasteiger partial charge in [0.15, 0.2) is 0 Å². The molecule has 0 radical (unpaired) electrons. The fourth-order valence-electron chi connectivity index (χ4n) is 2.02. The molecule has 1 heterocycles. The van der Waals surface area contributed by atoms with Crippen molar-refractivity contribution >= 4 is 16.8 Å². The number of H-pyrrole nitrogens is 1. The minimum Gasteiger partial charge on any atom is -0.508 e. The maximum absolute atomic E-state index is 12.1. The average Bonchev–Trinajstić information content (AvgIpc) is 2.70. The minimum absolute atomic E-state index is 0.0744. The molecule has 1 aromatic heterocycles. The number of phenols is 1. The van der Waals surface area contributed by atoms with Gasteiger partial charge in [-0.3, -0.25) is 4.79 Å². The first-order chi connectivity index (χ1) is 9.27. The fourth-order valence-corrected chi connectivity index (χ4v) is 2.02. The van der Waals surface area contributed by atoms with Crippen molar-refractivity contribution in [1.29, 1.82) is 0 Å². The molecule has 1 amide bonds. The summed E-state index contributed by atoms with van der Waals surface area (Å²) in [4.78, 5) is 13.8. The summed E-state index contributed by atoms with van der Waals surface area (Å²) in [6.07, 6.45) is -3.00. The molecule has 0 bridgehead atoms. The van der Waals surface area contributed by atoms with Gasteiger partial charge in [-0.2, -0.15) is 13.2 Å². The van der Waals surface area contributed by atoms with Crippen LogP contribution < -0.4 is 5.32 Å². The van der Waals surface area contributed by atoms with Crippen molar-refractivity contribution in [2.45, 2.75) is 25.6 Å². The number of nitrogens with one attached hydrogen (secondary N) is 2. The summed E-state index contributed by atoms with van der Waals surface area (Å²) in [6, 6.07) is 4.04. The van der Waals surface area contributed by atoms with E-state index < -0.39 is 18.1 Å². The standard InChI is InChI=1S/C13H13F3N2O2/c1-7(18-12(20)13(14,15)16)4-8-6-17-11-3-2-9(19)5-10(8)11/h2-3,5-7,17,19H,4H2,1H3,(H,18,20). The summed E-state index contributed by atoms with van der Waals surface area (Å²) in [6.45, 7) is 1.49. The molecule has 0 aliphatic carbocycles. The molecule has 1 atom stereocenters. The topological polar surface area (TPSA) is 65.1 Å². The van der Waals surface area contributed by atoms with Crippen molar-refractivity contribution in [3.63, 3.8) is 0 Å². The molecular formula is C13H13F3N2O2. The number of amides is 1. The van der Waals surface area contributed by atoms with Gasteiger partial charge in [0.25, 0.3) is 0 Å². The number of carbonyl (C=O) groups excluding carboxylic acids is 1. The number of aromatic amines is 1. The lowest BCUT2D eigenvalue weighted by atomic mass is 10.1. The summed E-state index contributed by atoms with van der Waals surface area (Å²) < 4.78 is 36.4. The van der Waals surface area contributed by atoms with Gasteiger partial charge in [-0.1, -0.05) is 0 Å². The van der Waals surface area contributed by atoms with E-state index in [4.69, 9.17) is 0 Å². The predicted molar refractivity (Wildman–Crippen MR) is 67.3 cm³/mol. The molecule has 20 heavy (non-hydrogen) atoms. The zero-order chi connectivity index (χ0) is 14.9. The van der Waals surface area contributed by atoms with Crippen LogP contribution in [0.4, 0.5) is 13.2 Å². The predicted octanol–water partition coefficient (Wildman–Crippen LogP) is 2.48. The third kappa shape index (κ3) is 3.04. The summed E-state index contributed by atoms with van der Waals surface area (Å²) in [5.41, 5.74) is 1.50. The molecule has 1 unspecified atom stereocenters. The van der Waals surface area contributed by atoms with Crippen molar-refractivity contribution in [2.24, 2.45) is 0 Å². The van der Waals surface area contributed by atoms with Crippen molar-refractivity contribution in [1.82, 2.24) is 10.3 Å². The van der Waals surface area contributed by atoms with Crippen molar-refractivity contribution in [3.05, 3.63) is 30.0 Å². The number of carbonyl (C=O) groups is 1. The molecule has 3 N–H and O–H groups in total. The van der Waals surface area contributed by atoms with E-state index in [0.717, 1.165) is 16.5 Å². The molecule has 0 spiro atoms. The summed E-state index contributed by atoms with van der Waals surface area (Å²) in [7, 11) is 0. The maximum Gasteiger partial charge on any atom is 0.471 e. The zero-order valence-corrected chi connectivity index (χ0v) is 10.6. The second-order valence-corrected chi connectivity index (χ2v) is 4.62. The first kappa shape index (κ1) is 14.2. The van der Waals surface area contributed by atoms with Crippen LogP contribution in [0, 0.1) is 0 Å². The Kier molecular flexibility index (Phi) is 3.61. The first-order valence-corrected chi connectivity index (χ1v) is 5.94. The van der Waals surface area contributed by atoms with Gasteiger partial charge in [0.2, 0.25) is 0 Å². The molecule has 0 aliphatic rings. The van der Waals surface area contributed by atoms with Crippen LogP contribution in [0.3, 0.4) is 0 Å². The fraction of sp³-hybridized carbons (Fsp3) is 0.308. The second kappa shape index (κ2) is 5.07. The molecule has 0 saturated carbocycles. The zero-order valence-electron chi connectivity index (χ0n) is 10.6. The highest BCUT2D eigenvalue weighted by Crippen LogP contribution is 2.24. The van der Waals surface area contributed by atoms with Crippen LogP contribution in [0.25, 0.3) is 10.9 Å². The average molecular weight is 286 g/mol. The van der Waals surface area contributed by atoms with E-state index in [2.05, 4.69) is 4.98 Å². The molecule has 2 rings (SSSR count). The van der Waals surface area contributed by atoms with Gasteiger partial charge in [-0.25, -0.2) is 0 Å². The van der Waals surface area contributed by atoms with Crippen LogP contribution in [0.15, 0.2) is 24.4 Å². The Balaban J connectivity index is 2.12. The number of phenolic OH excluding ortho intramolecular Hbond substituents is 1. The number of hydrogen-bond donors (Lipinski definition) is 3. The highest BCUT2D eigenvalue weighted by molar-refractivity contribution is 5.85. The number of aromatic nitrogens is 1. The normalized spacial score (nSPS) is 13.4. The number of benzene rings is 1. The lowest BCUT2D eigenvalue weighted by molar-refractivity contribution is -0.174. The van der Waals surface area contributed by atoms with Crippen LogP contribution >= 0.6 is 0 Å².